The highest BCUT2D eigenvalue weighted by Gasteiger charge is 2.55. The Labute approximate surface area is 161 Å². The standard InChI is InChI=1S/C17H23F3N4O3S/c1-11-14(12(2)22-15(21-11)17(18,19)20)28(25,26)24-9-16(10-24)7-23(8-16)5-13-3-4-27-6-13/h13H,3-10H2,1-2H3. The maximum Gasteiger partial charge on any atom is 0.451 e. The molecule has 3 saturated heterocycles. The molecule has 11 heteroatoms. The Hall–Kier alpha value is -1.30. The first kappa shape index (κ1) is 20.0. The fourth-order valence-electron chi connectivity index (χ4n) is 4.53. The van der Waals surface area contributed by atoms with Crippen LogP contribution in [-0.4, -0.2) is 73.5 Å². The molecule has 3 fully saturated rings. The van der Waals surface area contributed by atoms with Gasteiger partial charge >= 0.3 is 6.18 Å². The lowest BCUT2D eigenvalue weighted by molar-refractivity contribution is -0.145. The molecule has 1 spiro atoms. The largest absolute Gasteiger partial charge is 0.451 e. The number of hydrogen-bond acceptors (Lipinski definition) is 6. The van der Waals surface area contributed by atoms with E-state index in [4.69, 9.17) is 4.74 Å². The van der Waals surface area contributed by atoms with E-state index in [0.29, 0.717) is 19.0 Å². The second kappa shape index (κ2) is 6.61. The SMILES string of the molecule is Cc1nc(C(F)(F)F)nc(C)c1S(=O)(=O)N1CC2(CN(CC3CCOC3)C2)C1. The number of hydrogen-bond donors (Lipinski definition) is 0. The number of nitrogens with zero attached hydrogens (tertiary/aromatic N) is 4. The zero-order valence-corrected chi connectivity index (χ0v) is 16.6. The summed E-state index contributed by atoms with van der Waals surface area (Å²) in [5.41, 5.74) is -0.379. The van der Waals surface area contributed by atoms with Gasteiger partial charge in [0.25, 0.3) is 0 Å². The van der Waals surface area contributed by atoms with Crippen LogP contribution in [0.1, 0.15) is 23.6 Å². The number of likely N-dealkylation sites (tertiary alicyclic amines) is 1. The third kappa shape index (κ3) is 3.42. The highest BCUT2D eigenvalue weighted by molar-refractivity contribution is 7.89. The highest BCUT2D eigenvalue weighted by atomic mass is 32.2. The van der Waals surface area contributed by atoms with Gasteiger partial charge in [0.1, 0.15) is 4.90 Å². The van der Waals surface area contributed by atoms with Gasteiger partial charge in [-0.3, -0.25) is 0 Å². The fraction of sp³-hybridized carbons (Fsp3) is 0.765. The number of rotatable bonds is 4. The van der Waals surface area contributed by atoms with Crippen LogP contribution in [-0.2, 0) is 20.9 Å². The van der Waals surface area contributed by atoms with Gasteiger partial charge in [0.2, 0.25) is 15.8 Å². The molecule has 156 valence electrons. The Morgan fingerprint density at radius 3 is 2.25 bits per heavy atom. The number of sulfonamides is 1. The van der Waals surface area contributed by atoms with E-state index in [9.17, 15) is 21.6 Å². The summed E-state index contributed by atoms with van der Waals surface area (Å²) in [4.78, 5) is 8.89. The molecular formula is C17H23F3N4O3S. The van der Waals surface area contributed by atoms with Crippen LogP contribution >= 0.6 is 0 Å². The molecule has 3 aliphatic heterocycles. The summed E-state index contributed by atoms with van der Waals surface area (Å²) in [6.45, 7) is 7.58. The second-order valence-electron chi connectivity index (χ2n) is 8.22. The van der Waals surface area contributed by atoms with Crippen molar-refractivity contribution >= 4 is 10.0 Å². The Kier molecular flexibility index (Phi) is 4.72. The van der Waals surface area contributed by atoms with Crippen LogP contribution in [0.2, 0.25) is 0 Å². The average Bonchev–Trinajstić information content (AvgIpc) is 2.99. The van der Waals surface area contributed by atoms with Crippen molar-refractivity contribution in [3.63, 3.8) is 0 Å². The van der Waals surface area contributed by atoms with Gasteiger partial charge in [-0.25, -0.2) is 18.4 Å². The molecule has 3 aliphatic rings. The van der Waals surface area contributed by atoms with E-state index in [-0.39, 0.29) is 21.7 Å². The van der Waals surface area contributed by atoms with Crippen molar-refractivity contribution in [3.05, 3.63) is 17.2 Å². The Morgan fingerprint density at radius 2 is 1.75 bits per heavy atom. The van der Waals surface area contributed by atoms with Gasteiger partial charge in [-0.15, -0.1) is 0 Å². The van der Waals surface area contributed by atoms with E-state index in [2.05, 4.69) is 14.9 Å². The molecule has 0 aromatic carbocycles. The topological polar surface area (TPSA) is 75.6 Å². The monoisotopic (exact) mass is 420 g/mol. The van der Waals surface area contributed by atoms with E-state index >= 15 is 0 Å². The lowest BCUT2D eigenvalue weighted by Gasteiger charge is -2.60. The van der Waals surface area contributed by atoms with Gasteiger partial charge in [-0.2, -0.15) is 17.5 Å². The smallest absolute Gasteiger partial charge is 0.381 e. The molecule has 4 heterocycles. The summed E-state index contributed by atoms with van der Waals surface area (Å²) in [5, 5.41) is 0. The summed E-state index contributed by atoms with van der Waals surface area (Å²) >= 11 is 0. The number of aromatic nitrogens is 2. The molecule has 1 atom stereocenters. The van der Waals surface area contributed by atoms with Crippen LogP contribution in [0, 0.1) is 25.2 Å². The van der Waals surface area contributed by atoms with Crippen molar-refractivity contribution in [1.82, 2.24) is 19.2 Å². The van der Waals surface area contributed by atoms with E-state index < -0.39 is 22.0 Å². The number of aryl methyl sites for hydroxylation is 2. The minimum atomic E-state index is -4.71. The molecule has 0 N–H and O–H groups in total. The van der Waals surface area contributed by atoms with Crippen molar-refractivity contribution in [1.29, 1.82) is 0 Å². The number of halogens is 3. The van der Waals surface area contributed by atoms with Gasteiger partial charge in [0.05, 0.1) is 18.0 Å². The predicted molar refractivity (Wildman–Crippen MR) is 93.1 cm³/mol. The van der Waals surface area contributed by atoms with Crippen LogP contribution < -0.4 is 0 Å². The first-order chi connectivity index (χ1) is 13.0. The third-order valence-electron chi connectivity index (χ3n) is 5.74. The fourth-order valence-corrected chi connectivity index (χ4v) is 6.51. The normalized spacial score (nSPS) is 25.7. The van der Waals surface area contributed by atoms with Crippen LogP contribution in [0.5, 0.6) is 0 Å². The molecule has 0 amide bonds. The number of alkyl halides is 3. The summed E-state index contributed by atoms with van der Waals surface area (Å²) in [7, 11) is -3.91. The molecule has 0 bridgehead atoms. The predicted octanol–water partition coefficient (Wildman–Crippen LogP) is 1.46. The minimum Gasteiger partial charge on any atom is -0.381 e. The van der Waals surface area contributed by atoms with Gasteiger partial charge < -0.3 is 9.64 Å². The van der Waals surface area contributed by atoms with E-state index in [1.54, 1.807) is 0 Å². The van der Waals surface area contributed by atoms with Gasteiger partial charge in [0, 0.05) is 44.7 Å². The minimum absolute atomic E-state index is 0.0406. The molecule has 1 aromatic rings. The summed E-state index contributed by atoms with van der Waals surface area (Å²) in [6, 6.07) is 0. The molecule has 7 nitrogen and oxygen atoms in total. The Balaban J connectivity index is 1.42. The van der Waals surface area contributed by atoms with Gasteiger partial charge in [0.15, 0.2) is 0 Å². The molecule has 0 aliphatic carbocycles. The quantitative estimate of drug-likeness (QED) is 0.734. The molecule has 28 heavy (non-hydrogen) atoms. The maximum atomic E-state index is 12.9. The van der Waals surface area contributed by atoms with E-state index in [0.717, 1.165) is 39.3 Å². The van der Waals surface area contributed by atoms with E-state index in [1.807, 2.05) is 0 Å². The van der Waals surface area contributed by atoms with Crippen molar-refractivity contribution in [2.75, 3.05) is 45.9 Å². The summed E-state index contributed by atoms with van der Waals surface area (Å²) < 4.78 is 71.1. The molecule has 0 saturated carbocycles. The lowest BCUT2D eigenvalue weighted by atomic mass is 9.74. The van der Waals surface area contributed by atoms with Gasteiger partial charge in [-0.05, 0) is 26.2 Å². The van der Waals surface area contributed by atoms with Crippen LogP contribution in [0.4, 0.5) is 13.2 Å². The Morgan fingerprint density at radius 1 is 1.14 bits per heavy atom. The van der Waals surface area contributed by atoms with Crippen molar-refractivity contribution < 1.29 is 26.3 Å². The van der Waals surface area contributed by atoms with Crippen LogP contribution in [0.3, 0.4) is 0 Å². The third-order valence-corrected chi connectivity index (χ3v) is 7.78. The van der Waals surface area contributed by atoms with Gasteiger partial charge in [-0.1, -0.05) is 0 Å². The zero-order chi connectivity index (χ0) is 20.3. The summed E-state index contributed by atoms with van der Waals surface area (Å²) in [6.07, 6.45) is -3.64. The maximum absolute atomic E-state index is 12.9. The van der Waals surface area contributed by atoms with Crippen molar-refractivity contribution in [3.8, 4) is 0 Å². The Bertz CT molecular complexity index is 847. The van der Waals surface area contributed by atoms with Crippen LogP contribution in [0.15, 0.2) is 4.90 Å². The molecule has 1 aromatic heterocycles. The average molecular weight is 420 g/mol. The van der Waals surface area contributed by atoms with E-state index in [1.165, 1.54) is 18.2 Å². The number of ether oxygens (including phenoxy) is 1. The highest BCUT2D eigenvalue weighted by Crippen LogP contribution is 2.43. The zero-order valence-electron chi connectivity index (χ0n) is 15.8. The van der Waals surface area contributed by atoms with Crippen molar-refractivity contribution in [2.45, 2.75) is 31.3 Å². The second-order valence-corrected chi connectivity index (χ2v) is 10.1. The molecule has 0 radical (unpaired) electrons. The first-order valence-corrected chi connectivity index (χ1v) is 10.7. The summed E-state index contributed by atoms with van der Waals surface area (Å²) in [5.74, 6) is -0.765. The van der Waals surface area contributed by atoms with Crippen LogP contribution in [0.25, 0.3) is 0 Å². The molecular weight excluding hydrogens is 397 g/mol. The van der Waals surface area contributed by atoms with Crippen molar-refractivity contribution in [2.24, 2.45) is 11.3 Å². The molecule has 1 unspecified atom stereocenters. The molecule has 4 rings (SSSR count). The lowest BCUT2D eigenvalue weighted by Crippen LogP contribution is -2.73. The first-order valence-electron chi connectivity index (χ1n) is 9.23.